The monoisotopic (exact) mass is 583 g/mol. The molecule has 1 aromatic heterocycles. The Balaban J connectivity index is 0.00000408. The number of nitrogen functional groups attached to an aromatic ring is 1. The van der Waals surface area contributed by atoms with E-state index in [1.807, 2.05) is 0 Å². The summed E-state index contributed by atoms with van der Waals surface area (Å²) < 4.78 is 38.8. The van der Waals surface area contributed by atoms with E-state index in [2.05, 4.69) is 14.0 Å². The summed E-state index contributed by atoms with van der Waals surface area (Å²) in [6.45, 7) is -0.975. The van der Waals surface area contributed by atoms with E-state index in [-0.39, 0.29) is 94.5 Å². The molecule has 3 rings (SSSR count). The molecular weight excluding hydrogens is 561 g/mol. The Morgan fingerprint density at radius 2 is 1.67 bits per heavy atom. The third-order valence-electron chi connectivity index (χ3n) is 5.34. The quantitative estimate of drug-likeness (QED) is 0.140. The minimum atomic E-state index is -5.68. The molecule has 21 heteroatoms. The average Bonchev–Trinajstić information content (AvgIpc) is 3.17. The average molecular weight is 583 g/mol. The Bertz CT molecular complexity index is 1010. The van der Waals surface area contributed by atoms with Crippen molar-refractivity contribution in [3.63, 3.8) is 0 Å². The smallest absolute Gasteiger partial charge is 0.809 e. The van der Waals surface area contributed by atoms with E-state index in [1.165, 1.54) is 6.07 Å². The molecule has 3 unspecified atom stereocenters. The molecule has 0 bridgehead atoms. The number of hydrogen-bond acceptors (Lipinski definition) is 15. The van der Waals surface area contributed by atoms with E-state index < -0.39 is 89.1 Å². The number of phosphoric ester groups is 1. The number of aliphatic hydroxyl groups is 4. The second-order valence-corrected chi connectivity index (χ2v) is 10.7. The second kappa shape index (κ2) is 15.1. The van der Waals surface area contributed by atoms with Crippen LogP contribution in [-0.2, 0) is 22.9 Å². The first-order chi connectivity index (χ1) is 15.2. The van der Waals surface area contributed by atoms with Gasteiger partial charge in [-0.15, -0.1) is 0 Å². The molecule has 16 nitrogen and oxygen atoms in total. The molecule has 188 valence electrons. The first kappa shape index (κ1) is 37.7. The molecule has 0 amide bonds. The van der Waals surface area contributed by atoms with Gasteiger partial charge in [0.2, 0.25) is 0 Å². The van der Waals surface area contributed by atoms with Crippen LogP contribution in [0.1, 0.15) is 19.1 Å². The van der Waals surface area contributed by atoms with E-state index in [1.54, 1.807) is 0 Å². The number of hydrogen-bond donors (Lipinski definition) is 5. The molecule has 2 fully saturated rings. The maximum Gasteiger partial charge on any atom is 1.00 e. The molecule has 1 aliphatic heterocycles. The zero-order valence-corrected chi connectivity index (χ0v) is 27.5. The SMILES string of the molecule is Nc1ccn([C@@H]2O[C@H](COP(=O)([O-])OC(C3C[C@@H](O)[C@@H](O)C3)P(=O)([O-])[O-])[C@@H](O)[C@H]2O)c(=O)n1.[Na+].[Na+].[Na+]. The van der Waals surface area contributed by atoms with Crippen molar-refractivity contribution in [1.82, 2.24) is 9.55 Å². The number of phosphoric acid groups is 1. The Morgan fingerprint density at radius 1 is 1.11 bits per heavy atom. The molecule has 6 N–H and O–H groups in total. The van der Waals surface area contributed by atoms with E-state index >= 15 is 0 Å². The molecular formula is C15H22N3Na3O13P2. The van der Waals surface area contributed by atoms with Crippen molar-refractivity contribution in [2.24, 2.45) is 5.92 Å². The molecule has 36 heavy (non-hydrogen) atoms. The maximum absolute atomic E-state index is 12.2. The molecule has 1 saturated carbocycles. The molecule has 1 aromatic rings. The second-order valence-electron chi connectivity index (χ2n) is 7.73. The fraction of sp³-hybridized carbons (Fsp3) is 0.733. The Hall–Kier alpha value is 1.74. The summed E-state index contributed by atoms with van der Waals surface area (Å²) in [6.07, 6.45) is -8.83. The number of aromatic nitrogens is 2. The number of nitrogens with two attached hydrogens (primary N) is 1. The predicted molar refractivity (Wildman–Crippen MR) is 99.6 cm³/mol. The van der Waals surface area contributed by atoms with Gasteiger partial charge < -0.3 is 59.2 Å². The third kappa shape index (κ3) is 9.40. The van der Waals surface area contributed by atoms with E-state index in [0.29, 0.717) is 0 Å². The van der Waals surface area contributed by atoms with Crippen molar-refractivity contribution >= 4 is 21.2 Å². The van der Waals surface area contributed by atoms with Crippen molar-refractivity contribution in [2.75, 3.05) is 12.3 Å². The summed E-state index contributed by atoms with van der Waals surface area (Å²) in [5.41, 5.74) is 4.45. The minimum Gasteiger partial charge on any atom is -0.809 e. The topological polar surface area (TPSA) is 273 Å². The van der Waals surface area contributed by atoms with Crippen LogP contribution in [-0.4, -0.2) is 72.9 Å². The first-order valence-electron chi connectivity index (χ1n) is 9.57. The van der Waals surface area contributed by atoms with Gasteiger partial charge in [0, 0.05) is 6.20 Å². The largest absolute Gasteiger partial charge is 1.00 e. The molecule has 9 atom stereocenters. The van der Waals surface area contributed by atoms with Crippen LogP contribution in [0.2, 0.25) is 0 Å². The van der Waals surface area contributed by atoms with E-state index in [0.717, 1.165) is 10.8 Å². The van der Waals surface area contributed by atoms with E-state index in [4.69, 9.17) is 10.5 Å². The standard InChI is InChI=1S/C15H25N3O13P2.3Na/c16-10-1-2-18(15(23)17-10)13-12(22)11(21)9(30-13)5-29-33(27,28)31-14(32(24,25)26)6-3-7(19)8(20)4-6;;;/h1-2,6-9,11-14,19-22H,3-5H2,(H,27,28)(H2,16,17,23)(H2,24,25,26);;;/q;3*+1/p-3/t6?,7-,8+,9-,11-,12-,13-,14?;;;/m1.../s1. The van der Waals surface area contributed by atoms with Gasteiger partial charge in [0.05, 0.1) is 24.7 Å². The van der Waals surface area contributed by atoms with Gasteiger partial charge in [-0.2, -0.15) is 4.98 Å². The molecule has 1 aliphatic carbocycles. The summed E-state index contributed by atoms with van der Waals surface area (Å²) in [7, 11) is -11.2. The fourth-order valence-electron chi connectivity index (χ4n) is 3.71. The number of rotatable bonds is 8. The molecule has 0 spiro atoms. The molecule has 0 aromatic carbocycles. The van der Waals surface area contributed by atoms with Gasteiger partial charge >= 0.3 is 94.4 Å². The summed E-state index contributed by atoms with van der Waals surface area (Å²) in [5, 5.41) is 39.4. The number of aliphatic hydroxyl groups excluding tert-OH is 4. The Morgan fingerprint density at radius 3 is 2.17 bits per heavy atom. The Kier molecular flexibility index (Phi) is 15.8. The van der Waals surface area contributed by atoms with Crippen LogP contribution in [0.4, 0.5) is 5.82 Å². The zero-order valence-electron chi connectivity index (χ0n) is 19.7. The van der Waals surface area contributed by atoms with Gasteiger partial charge in [0.1, 0.15) is 24.1 Å². The van der Waals surface area contributed by atoms with Crippen molar-refractivity contribution in [1.29, 1.82) is 0 Å². The molecule has 2 heterocycles. The van der Waals surface area contributed by atoms with Crippen LogP contribution in [0.25, 0.3) is 0 Å². The summed E-state index contributed by atoms with van der Waals surface area (Å²) >= 11 is 0. The summed E-state index contributed by atoms with van der Waals surface area (Å²) in [6, 6.07) is 1.22. The van der Waals surface area contributed by atoms with Crippen molar-refractivity contribution in [2.45, 2.75) is 55.4 Å². The summed E-state index contributed by atoms with van der Waals surface area (Å²) in [4.78, 5) is 50.6. The van der Waals surface area contributed by atoms with Crippen molar-refractivity contribution < 1.29 is 147 Å². The summed E-state index contributed by atoms with van der Waals surface area (Å²) in [5.74, 6) is -3.87. The number of anilines is 1. The number of nitrogens with zero attached hydrogens (tertiary/aromatic N) is 2. The molecule has 0 radical (unpaired) electrons. The van der Waals surface area contributed by atoms with Crippen LogP contribution in [0, 0.1) is 5.92 Å². The van der Waals surface area contributed by atoms with Crippen LogP contribution in [0.3, 0.4) is 0 Å². The van der Waals surface area contributed by atoms with Crippen molar-refractivity contribution in [3.05, 3.63) is 22.7 Å². The fourth-order valence-corrected chi connectivity index (χ4v) is 6.10. The van der Waals surface area contributed by atoms with Gasteiger partial charge in [-0.1, -0.05) is 0 Å². The van der Waals surface area contributed by atoms with Crippen LogP contribution >= 0.6 is 15.4 Å². The van der Waals surface area contributed by atoms with E-state index in [9.17, 15) is 49.0 Å². The van der Waals surface area contributed by atoms with Gasteiger partial charge in [-0.3, -0.25) is 9.13 Å². The predicted octanol–water partition coefficient (Wildman–Crippen LogP) is -13.7. The zero-order chi connectivity index (χ0) is 24.7. The van der Waals surface area contributed by atoms with Crippen LogP contribution < -0.4 is 115 Å². The first-order valence-corrected chi connectivity index (χ1v) is 12.6. The third-order valence-corrected chi connectivity index (χ3v) is 7.61. The van der Waals surface area contributed by atoms with Gasteiger partial charge in [0.15, 0.2) is 6.23 Å². The van der Waals surface area contributed by atoms with Gasteiger partial charge in [-0.25, -0.2) is 4.79 Å². The maximum atomic E-state index is 12.2. The normalized spacial score (nSPS) is 32.5. The minimum absolute atomic E-state index is 0. The van der Waals surface area contributed by atoms with Crippen molar-refractivity contribution in [3.8, 4) is 0 Å². The van der Waals surface area contributed by atoms with Gasteiger partial charge in [-0.05, 0) is 32.4 Å². The Labute approximate surface area is 271 Å². The molecule has 1 saturated heterocycles. The van der Waals surface area contributed by atoms with Crippen LogP contribution in [0.15, 0.2) is 17.1 Å². The van der Waals surface area contributed by atoms with Crippen LogP contribution in [0.5, 0.6) is 0 Å². The van der Waals surface area contributed by atoms with Gasteiger partial charge in [0.25, 0.3) is 7.82 Å². The molecule has 2 aliphatic rings. The number of ether oxygens (including phenoxy) is 1.